The van der Waals surface area contributed by atoms with Crippen LogP contribution in [0.5, 0.6) is 5.75 Å². The maximum atomic E-state index is 11.9. The van der Waals surface area contributed by atoms with Gasteiger partial charge >= 0.3 is 5.97 Å². The predicted molar refractivity (Wildman–Crippen MR) is 69.1 cm³/mol. The Morgan fingerprint density at radius 2 is 2.05 bits per heavy atom. The minimum absolute atomic E-state index is 0.0875. The molecule has 1 fully saturated rings. The van der Waals surface area contributed by atoms with Crippen molar-refractivity contribution in [3.63, 3.8) is 0 Å². The van der Waals surface area contributed by atoms with Gasteiger partial charge in [-0.05, 0) is 37.5 Å². The second kappa shape index (κ2) is 4.91. The standard InChI is InChI=1S/C14H17NO4/c1-9-3-4-10(11(16)7-9)12(17)15-8-14(13(18)19)5-2-6-14/h3-4,7,16H,2,5-6,8H2,1H3,(H,15,17)(H,18,19). The first-order valence-corrected chi connectivity index (χ1v) is 6.26. The minimum atomic E-state index is -0.868. The van der Waals surface area contributed by atoms with E-state index in [9.17, 15) is 14.7 Å². The molecule has 3 N–H and O–H groups in total. The fourth-order valence-corrected chi connectivity index (χ4v) is 2.25. The summed E-state index contributed by atoms with van der Waals surface area (Å²) in [5.41, 5.74) is 0.205. The zero-order valence-electron chi connectivity index (χ0n) is 10.8. The Morgan fingerprint density at radius 1 is 1.37 bits per heavy atom. The number of carboxylic acid groups (broad SMARTS) is 1. The Hall–Kier alpha value is -2.04. The van der Waals surface area contributed by atoms with E-state index in [1.165, 1.54) is 12.1 Å². The van der Waals surface area contributed by atoms with Crippen LogP contribution in [-0.2, 0) is 4.79 Å². The second-order valence-electron chi connectivity index (χ2n) is 5.14. The molecule has 1 amide bonds. The summed E-state index contributed by atoms with van der Waals surface area (Å²) >= 11 is 0. The van der Waals surface area contributed by atoms with Gasteiger partial charge in [0.15, 0.2) is 0 Å². The summed E-state index contributed by atoms with van der Waals surface area (Å²) in [6.45, 7) is 1.92. The van der Waals surface area contributed by atoms with Crippen molar-refractivity contribution in [1.29, 1.82) is 0 Å². The lowest BCUT2D eigenvalue weighted by molar-refractivity contribution is -0.153. The van der Waals surface area contributed by atoms with Gasteiger partial charge in [0, 0.05) is 6.54 Å². The van der Waals surface area contributed by atoms with Gasteiger partial charge in [-0.1, -0.05) is 12.5 Å². The van der Waals surface area contributed by atoms with E-state index in [-0.39, 0.29) is 17.9 Å². The van der Waals surface area contributed by atoms with E-state index in [0.717, 1.165) is 12.0 Å². The molecule has 1 aliphatic carbocycles. The molecule has 0 unspecified atom stereocenters. The van der Waals surface area contributed by atoms with Crippen LogP contribution in [-0.4, -0.2) is 28.6 Å². The number of hydrogen-bond donors (Lipinski definition) is 3. The number of nitrogens with one attached hydrogen (secondary N) is 1. The van der Waals surface area contributed by atoms with E-state index in [1.807, 2.05) is 6.92 Å². The first-order chi connectivity index (χ1) is 8.94. The third-order valence-corrected chi connectivity index (χ3v) is 3.75. The van der Waals surface area contributed by atoms with Crippen molar-refractivity contribution >= 4 is 11.9 Å². The van der Waals surface area contributed by atoms with Crippen LogP contribution in [0.25, 0.3) is 0 Å². The number of aromatic hydroxyl groups is 1. The Kier molecular flexibility index (Phi) is 3.46. The van der Waals surface area contributed by atoms with Gasteiger partial charge in [-0.15, -0.1) is 0 Å². The van der Waals surface area contributed by atoms with E-state index in [4.69, 9.17) is 5.11 Å². The molecule has 0 radical (unpaired) electrons. The normalized spacial score (nSPS) is 16.5. The smallest absolute Gasteiger partial charge is 0.311 e. The molecule has 1 aromatic carbocycles. The predicted octanol–water partition coefficient (Wildman–Crippen LogP) is 1.69. The Morgan fingerprint density at radius 3 is 2.53 bits per heavy atom. The molecular weight excluding hydrogens is 246 g/mol. The number of amides is 1. The van der Waals surface area contributed by atoms with Gasteiger partial charge in [-0.2, -0.15) is 0 Å². The highest BCUT2D eigenvalue weighted by Crippen LogP contribution is 2.40. The van der Waals surface area contributed by atoms with Crippen molar-refractivity contribution in [2.24, 2.45) is 5.41 Å². The summed E-state index contributed by atoms with van der Waals surface area (Å²) in [7, 11) is 0. The molecule has 0 saturated heterocycles. The molecule has 0 aliphatic heterocycles. The van der Waals surface area contributed by atoms with E-state index >= 15 is 0 Å². The van der Waals surface area contributed by atoms with Crippen LogP contribution in [0.2, 0.25) is 0 Å². The van der Waals surface area contributed by atoms with E-state index in [1.54, 1.807) is 6.07 Å². The van der Waals surface area contributed by atoms with Crippen LogP contribution >= 0.6 is 0 Å². The summed E-state index contributed by atoms with van der Waals surface area (Å²) in [5.74, 6) is -1.40. The van der Waals surface area contributed by atoms with Crippen LogP contribution in [0, 0.1) is 12.3 Å². The van der Waals surface area contributed by atoms with Crippen LogP contribution in [0.1, 0.15) is 35.2 Å². The van der Waals surface area contributed by atoms with E-state index in [0.29, 0.717) is 12.8 Å². The van der Waals surface area contributed by atoms with Gasteiger partial charge in [-0.25, -0.2) is 0 Å². The maximum Gasteiger partial charge on any atom is 0.311 e. The second-order valence-corrected chi connectivity index (χ2v) is 5.14. The molecule has 1 saturated carbocycles. The number of phenols is 1. The number of aliphatic carboxylic acids is 1. The van der Waals surface area contributed by atoms with Gasteiger partial charge in [0.25, 0.3) is 5.91 Å². The molecule has 0 aromatic heterocycles. The molecule has 5 heteroatoms. The molecule has 0 heterocycles. The summed E-state index contributed by atoms with van der Waals surface area (Å²) in [6, 6.07) is 4.77. The molecule has 19 heavy (non-hydrogen) atoms. The number of phenolic OH excluding ortho intramolecular Hbond substituents is 1. The summed E-state index contributed by atoms with van der Waals surface area (Å²) in [5, 5.41) is 21.5. The third kappa shape index (κ3) is 2.54. The average Bonchev–Trinajstić information content (AvgIpc) is 2.26. The first-order valence-electron chi connectivity index (χ1n) is 6.26. The molecule has 0 atom stereocenters. The van der Waals surface area contributed by atoms with Crippen molar-refractivity contribution in [3.8, 4) is 5.75 Å². The number of carbonyl (C=O) groups excluding carboxylic acids is 1. The number of rotatable bonds is 4. The van der Waals surface area contributed by atoms with Crippen molar-refractivity contribution < 1.29 is 19.8 Å². The van der Waals surface area contributed by atoms with Gasteiger partial charge in [0.05, 0.1) is 11.0 Å². The Labute approximate surface area is 111 Å². The molecule has 0 spiro atoms. The number of benzene rings is 1. The van der Waals surface area contributed by atoms with Crippen molar-refractivity contribution in [2.45, 2.75) is 26.2 Å². The first kappa shape index (κ1) is 13.4. The lowest BCUT2D eigenvalue weighted by Crippen LogP contribution is -2.47. The van der Waals surface area contributed by atoms with Crippen LogP contribution < -0.4 is 5.32 Å². The minimum Gasteiger partial charge on any atom is -0.507 e. The van der Waals surface area contributed by atoms with E-state index < -0.39 is 17.3 Å². The highest BCUT2D eigenvalue weighted by atomic mass is 16.4. The highest BCUT2D eigenvalue weighted by molar-refractivity contribution is 5.97. The van der Waals surface area contributed by atoms with Crippen LogP contribution in [0.3, 0.4) is 0 Å². The summed E-state index contributed by atoms with van der Waals surface area (Å²) in [4.78, 5) is 23.1. The fourth-order valence-electron chi connectivity index (χ4n) is 2.25. The van der Waals surface area contributed by atoms with Crippen molar-refractivity contribution in [3.05, 3.63) is 29.3 Å². The monoisotopic (exact) mass is 263 g/mol. The van der Waals surface area contributed by atoms with Crippen LogP contribution in [0.4, 0.5) is 0 Å². The van der Waals surface area contributed by atoms with Gasteiger partial charge in [0.1, 0.15) is 5.75 Å². The van der Waals surface area contributed by atoms with Gasteiger partial charge in [-0.3, -0.25) is 9.59 Å². The topological polar surface area (TPSA) is 86.6 Å². The zero-order valence-corrected chi connectivity index (χ0v) is 10.8. The quantitative estimate of drug-likeness (QED) is 0.771. The molecule has 1 aromatic rings. The number of carboxylic acids is 1. The fraction of sp³-hybridized carbons (Fsp3) is 0.429. The number of hydrogen-bond acceptors (Lipinski definition) is 3. The molecule has 102 valence electrons. The number of aryl methyl sites for hydroxylation is 1. The zero-order chi connectivity index (χ0) is 14.0. The molecule has 0 bridgehead atoms. The lowest BCUT2D eigenvalue weighted by atomic mass is 9.69. The van der Waals surface area contributed by atoms with E-state index in [2.05, 4.69) is 5.32 Å². The van der Waals surface area contributed by atoms with Crippen molar-refractivity contribution in [2.75, 3.05) is 6.54 Å². The Bertz CT molecular complexity index is 520. The lowest BCUT2D eigenvalue weighted by Gasteiger charge is -2.37. The third-order valence-electron chi connectivity index (χ3n) is 3.75. The molecular formula is C14H17NO4. The van der Waals surface area contributed by atoms with Gasteiger partial charge < -0.3 is 15.5 Å². The molecule has 1 aliphatic rings. The largest absolute Gasteiger partial charge is 0.507 e. The SMILES string of the molecule is Cc1ccc(C(=O)NCC2(C(=O)O)CCC2)c(O)c1. The molecule has 2 rings (SSSR count). The summed E-state index contributed by atoms with van der Waals surface area (Å²) in [6.07, 6.45) is 2.04. The van der Waals surface area contributed by atoms with Crippen molar-refractivity contribution in [1.82, 2.24) is 5.32 Å². The maximum absolute atomic E-state index is 11.9. The highest BCUT2D eigenvalue weighted by Gasteiger charge is 2.44. The van der Waals surface area contributed by atoms with Crippen LogP contribution in [0.15, 0.2) is 18.2 Å². The average molecular weight is 263 g/mol. The summed E-state index contributed by atoms with van der Waals surface area (Å²) < 4.78 is 0. The van der Waals surface area contributed by atoms with Gasteiger partial charge in [0.2, 0.25) is 0 Å². The molecule has 5 nitrogen and oxygen atoms in total. The number of carbonyl (C=O) groups is 2. The Balaban J connectivity index is 2.03.